The summed E-state index contributed by atoms with van der Waals surface area (Å²) in [4.78, 5) is 26.8. The van der Waals surface area contributed by atoms with Gasteiger partial charge in [0.1, 0.15) is 12.6 Å². The van der Waals surface area contributed by atoms with Gasteiger partial charge in [0.15, 0.2) is 0 Å². The second kappa shape index (κ2) is 5.73. The molecule has 102 valence electrons. The molecule has 0 saturated carbocycles. The topological polar surface area (TPSA) is 49.9 Å². The van der Waals surface area contributed by atoms with E-state index < -0.39 is 12.1 Å². The summed E-state index contributed by atoms with van der Waals surface area (Å²) in [5, 5.41) is 0. The number of cyclic esters (lactones) is 1. The van der Waals surface area contributed by atoms with Gasteiger partial charge in [-0.05, 0) is 12.5 Å². The van der Waals surface area contributed by atoms with Crippen molar-refractivity contribution < 1.29 is 14.3 Å². The zero-order valence-electron chi connectivity index (χ0n) is 11.2. The first kappa shape index (κ1) is 13.4. The van der Waals surface area contributed by atoms with Crippen LogP contribution in [-0.4, -0.2) is 48.0 Å². The van der Waals surface area contributed by atoms with Gasteiger partial charge in [-0.3, -0.25) is 9.69 Å². The molecule has 0 bridgehead atoms. The van der Waals surface area contributed by atoms with Gasteiger partial charge in [-0.1, -0.05) is 30.3 Å². The van der Waals surface area contributed by atoms with Crippen LogP contribution in [0.5, 0.6) is 0 Å². The van der Waals surface area contributed by atoms with Crippen molar-refractivity contribution in [2.75, 3.05) is 20.2 Å². The molecule has 1 aliphatic rings. The third-order valence-electron chi connectivity index (χ3n) is 3.31. The van der Waals surface area contributed by atoms with Gasteiger partial charge in [0.05, 0.1) is 0 Å². The normalized spacial score (nSPS) is 18.3. The molecule has 5 heteroatoms. The Labute approximate surface area is 112 Å². The molecule has 1 aliphatic heterocycles. The van der Waals surface area contributed by atoms with Crippen LogP contribution < -0.4 is 0 Å². The molecule has 1 heterocycles. The Morgan fingerprint density at radius 3 is 2.63 bits per heavy atom. The zero-order valence-corrected chi connectivity index (χ0v) is 11.2. The third kappa shape index (κ3) is 2.86. The van der Waals surface area contributed by atoms with Crippen LogP contribution in [0, 0.1) is 0 Å². The van der Waals surface area contributed by atoms with Gasteiger partial charge in [0.2, 0.25) is 5.91 Å². The molecule has 1 saturated heterocycles. The molecule has 0 aromatic heterocycles. The van der Waals surface area contributed by atoms with E-state index in [2.05, 4.69) is 0 Å². The summed E-state index contributed by atoms with van der Waals surface area (Å²) in [5.41, 5.74) is 1.07. The minimum Gasteiger partial charge on any atom is -0.447 e. The average Bonchev–Trinajstić information content (AvgIpc) is 2.77. The summed E-state index contributed by atoms with van der Waals surface area (Å²) in [6.45, 7) is 3.22. The van der Waals surface area contributed by atoms with Crippen molar-refractivity contribution in [1.29, 1.82) is 0 Å². The molecule has 2 rings (SSSR count). The summed E-state index contributed by atoms with van der Waals surface area (Å²) in [7, 11) is 1.59. The first-order valence-electron chi connectivity index (χ1n) is 6.35. The summed E-state index contributed by atoms with van der Waals surface area (Å²) in [6, 6.07) is 9.30. The molecule has 1 atom stereocenters. The maximum absolute atomic E-state index is 12.4. The fourth-order valence-corrected chi connectivity index (χ4v) is 2.09. The lowest BCUT2D eigenvalue weighted by Gasteiger charge is -2.25. The molecule has 0 spiro atoms. The van der Waals surface area contributed by atoms with Gasteiger partial charge in [0, 0.05) is 20.1 Å². The average molecular weight is 262 g/mol. The monoisotopic (exact) mass is 262 g/mol. The molecule has 1 aromatic rings. The van der Waals surface area contributed by atoms with Crippen LogP contribution in [0.15, 0.2) is 30.3 Å². The number of hydrogen-bond acceptors (Lipinski definition) is 3. The Kier molecular flexibility index (Phi) is 4.04. The Balaban J connectivity index is 2.05. The number of carbonyl (C=O) groups is 2. The van der Waals surface area contributed by atoms with E-state index >= 15 is 0 Å². The van der Waals surface area contributed by atoms with E-state index in [1.807, 2.05) is 37.3 Å². The largest absolute Gasteiger partial charge is 0.447 e. The lowest BCUT2D eigenvalue weighted by molar-refractivity contribution is -0.135. The number of amides is 2. The lowest BCUT2D eigenvalue weighted by atomic mass is 10.2. The van der Waals surface area contributed by atoms with Crippen molar-refractivity contribution in [3.05, 3.63) is 35.9 Å². The highest BCUT2D eigenvalue weighted by atomic mass is 16.6. The predicted octanol–water partition coefficient (Wildman–Crippen LogP) is 1.49. The number of hydrogen-bond donors (Lipinski definition) is 0. The Hall–Kier alpha value is -2.04. The quantitative estimate of drug-likeness (QED) is 0.826. The lowest BCUT2D eigenvalue weighted by Crippen LogP contribution is -2.45. The van der Waals surface area contributed by atoms with Gasteiger partial charge in [-0.15, -0.1) is 0 Å². The van der Waals surface area contributed by atoms with Gasteiger partial charge in [-0.25, -0.2) is 4.79 Å². The van der Waals surface area contributed by atoms with Crippen molar-refractivity contribution in [3.8, 4) is 0 Å². The van der Waals surface area contributed by atoms with Crippen molar-refractivity contribution in [2.24, 2.45) is 0 Å². The van der Waals surface area contributed by atoms with Crippen LogP contribution >= 0.6 is 0 Å². The fraction of sp³-hybridized carbons (Fsp3) is 0.429. The van der Waals surface area contributed by atoms with Crippen LogP contribution in [0.3, 0.4) is 0 Å². The Bertz CT molecular complexity index is 461. The smallest absolute Gasteiger partial charge is 0.410 e. The zero-order chi connectivity index (χ0) is 13.8. The summed E-state index contributed by atoms with van der Waals surface area (Å²) in [5.74, 6) is -0.0697. The van der Waals surface area contributed by atoms with Crippen molar-refractivity contribution >= 4 is 12.0 Å². The maximum Gasteiger partial charge on any atom is 0.410 e. The highest BCUT2D eigenvalue weighted by molar-refractivity contribution is 5.87. The minimum absolute atomic E-state index is 0.0697. The predicted molar refractivity (Wildman–Crippen MR) is 70.4 cm³/mol. The SMILES string of the molecule is CCN(Cc1ccccc1)C(=O)C1COC(=O)N1C. The number of ether oxygens (including phenoxy) is 1. The second-order valence-electron chi connectivity index (χ2n) is 4.54. The van der Waals surface area contributed by atoms with E-state index in [4.69, 9.17) is 4.74 Å². The van der Waals surface area contributed by atoms with E-state index in [0.29, 0.717) is 13.1 Å². The molecular formula is C14H18N2O3. The number of benzene rings is 1. The van der Waals surface area contributed by atoms with E-state index in [1.54, 1.807) is 11.9 Å². The molecule has 1 unspecified atom stereocenters. The first-order chi connectivity index (χ1) is 9.13. The minimum atomic E-state index is -0.504. The molecule has 0 radical (unpaired) electrons. The summed E-state index contributed by atoms with van der Waals surface area (Å²) >= 11 is 0. The molecule has 0 aliphatic carbocycles. The Morgan fingerprint density at radius 2 is 2.11 bits per heavy atom. The number of rotatable bonds is 4. The molecule has 1 fully saturated rings. The molecule has 19 heavy (non-hydrogen) atoms. The van der Waals surface area contributed by atoms with Gasteiger partial charge >= 0.3 is 6.09 Å². The fourth-order valence-electron chi connectivity index (χ4n) is 2.09. The molecule has 2 amide bonds. The molecule has 5 nitrogen and oxygen atoms in total. The number of nitrogens with zero attached hydrogens (tertiary/aromatic N) is 2. The van der Waals surface area contributed by atoms with Gasteiger partial charge < -0.3 is 9.64 Å². The molecule has 1 aromatic carbocycles. The van der Waals surface area contributed by atoms with Crippen molar-refractivity contribution in [2.45, 2.75) is 19.5 Å². The van der Waals surface area contributed by atoms with Crippen LogP contribution in [0.1, 0.15) is 12.5 Å². The number of carbonyl (C=O) groups excluding carboxylic acids is 2. The highest BCUT2D eigenvalue weighted by Gasteiger charge is 2.37. The van der Waals surface area contributed by atoms with Crippen LogP contribution in [0.2, 0.25) is 0 Å². The number of likely N-dealkylation sites (N-methyl/N-ethyl adjacent to an activating group) is 2. The van der Waals surface area contributed by atoms with Gasteiger partial charge in [0.25, 0.3) is 0 Å². The van der Waals surface area contributed by atoms with E-state index in [0.717, 1.165) is 5.56 Å². The highest BCUT2D eigenvalue weighted by Crippen LogP contribution is 2.14. The van der Waals surface area contributed by atoms with E-state index in [1.165, 1.54) is 4.90 Å². The standard InChI is InChI=1S/C14H18N2O3/c1-3-16(9-11-7-5-4-6-8-11)13(17)12-10-19-14(18)15(12)2/h4-8,12H,3,9-10H2,1-2H3. The van der Waals surface area contributed by atoms with E-state index in [-0.39, 0.29) is 12.5 Å². The van der Waals surface area contributed by atoms with Crippen molar-refractivity contribution in [3.63, 3.8) is 0 Å². The third-order valence-corrected chi connectivity index (χ3v) is 3.31. The van der Waals surface area contributed by atoms with Crippen LogP contribution in [0.25, 0.3) is 0 Å². The summed E-state index contributed by atoms with van der Waals surface area (Å²) in [6.07, 6.45) is -0.436. The summed E-state index contributed by atoms with van der Waals surface area (Å²) < 4.78 is 4.88. The van der Waals surface area contributed by atoms with E-state index in [9.17, 15) is 9.59 Å². The maximum atomic E-state index is 12.4. The first-order valence-corrected chi connectivity index (χ1v) is 6.35. The van der Waals surface area contributed by atoms with Crippen LogP contribution in [-0.2, 0) is 16.1 Å². The van der Waals surface area contributed by atoms with Crippen molar-refractivity contribution in [1.82, 2.24) is 9.80 Å². The second-order valence-corrected chi connectivity index (χ2v) is 4.54. The van der Waals surface area contributed by atoms with Crippen LogP contribution in [0.4, 0.5) is 4.79 Å². The van der Waals surface area contributed by atoms with Gasteiger partial charge in [-0.2, -0.15) is 0 Å². The Morgan fingerprint density at radius 1 is 1.42 bits per heavy atom. The molecule has 0 N–H and O–H groups in total. The molecular weight excluding hydrogens is 244 g/mol.